The van der Waals surface area contributed by atoms with E-state index in [4.69, 9.17) is 0 Å². The van der Waals surface area contributed by atoms with Crippen LogP contribution in [0.3, 0.4) is 0 Å². The summed E-state index contributed by atoms with van der Waals surface area (Å²) in [4.78, 5) is 0. The van der Waals surface area contributed by atoms with E-state index >= 15 is 0 Å². The topological polar surface area (TPSA) is 0 Å². The number of rotatable bonds is 5. The maximum atomic E-state index is 3.94. The van der Waals surface area contributed by atoms with Crippen molar-refractivity contribution < 1.29 is 4.48 Å². The molecule has 0 saturated heterocycles. The van der Waals surface area contributed by atoms with Crippen LogP contribution in [0, 0.1) is 0 Å². The fraction of sp³-hybridized carbons (Fsp3) is 0.385. The van der Waals surface area contributed by atoms with Crippen molar-refractivity contribution in [1.29, 1.82) is 0 Å². The molecular formula is C13H20N+. The van der Waals surface area contributed by atoms with Gasteiger partial charge in [0.05, 0.1) is 19.3 Å². The van der Waals surface area contributed by atoms with Gasteiger partial charge in [-0.05, 0) is 20.4 Å². The van der Waals surface area contributed by atoms with E-state index in [0.717, 1.165) is 24.1 Å². The lowest BCUT2D eigenvalue weighted by molar-refractivity contribution is -0.889. The molecule has 0 radical (unpaired) electrons. The van der Waals surface area contributed by atoms with E-state index in [1.807, 2.05) is 0 Å². The lowest BCUT2D eigenvalue weighted by atomic mass is 10.2. The Balaban J connectivity index is 2.79. The van der Waals surface area contributed by atoms with Crippen LogP contribution in [-0.4, -0.2) is 17.6 Å². The predicted molar refractivity (Wildman–Crippen MR) is 61.7 cm³/mol. The van der Waals surface area contributed by atoms with Crippen molar-refractivity contribution in [1.82, 2.24) is 0 Å². The standard InChI is InChI=1S/C13H20N/c1-4-14(5-2,6-3)12-13-10-8-7-9-11-13/h4,7-11H,1,5-6,12H2,2-3H3/q+1. The molecular weight excluding hydrogens is 170 g/mol. The van der Waals surface area contributed by atoms with E-state index < -0.39 is 0 Å². The third-order valence-corrected chi connectivity index (χ3v) is 2.99. The number of hydrogen-bond donors (Lipinski definition) is 0. The zero-order chi connectivity index (χ0) is 10.4. The molecule has 0 aliphatic rings. The van der Waals surface area contributed by atoms with Crippen LogP contribution < -0.4 is 0 Å². The lowest BCUT2D eigenvalue weighted by Crippen LogP contribution is -2.41. The second-order valence-corrected chi connectivity index (χ2v) is 3.68. The molecule has 1 aromatic rings. The first-order valence-corrected chi connectivity index (χ1v) is 5.29. The highest BCUT2D eigenvalue weighted by atomic mass is 15.3. The van der Waals surface area contributed by atoms with Crippen molar-refractivity contribution in [3.63, 3.8) is 0 Å². The lowest BCUT2D eigenvalue weighted by Gasteiger charge is -2.32. The normalized spacial score (nSPS) is 11.3. The molecule has 0 N–H and O–H groups in total. The van der Waals surface area contributed by atoms with E-state index in [2.05, 4.69) is 57.0 Å². The molecule has 0 heterocycles. The summed E-state index contributed by atoms with van der Waals surface area (Å²) in [5.74, 6) is 0. The molecule has 0 aromatic heterocycles. The summed E-state index contributed by atoms with van der Waals surface area (Å²) in [7, 11) is 0. The minimum atomic E-state index is 0.962. The van der Waals surface area contributed by atoms with Crippen molar-refractivity contribution in [3.05, 3.63) is 48.7 Å². The molecule has 1 aromatic carbocycles. The minimum Gasteiger partial charge on any atom is -0.294 e. The van der Waals surface area contributed by atoms with Crippen molar-refractivity contribution in [2.24, 2.45) is 0 Å². The smallest absolute Gasteiger partial charge is 0.109 e. The van der Waals surface area contributed by atoms with Gasteiger partial charge in [-0.15, -0.1) is 0 Å². The van der Waals surface area contributed by atoms with Gasteiger partial charge in [0, 0.05) is 5.56 Å². The number of hydrogen-bond acceptors (Lipinski definition) is 0. The van der Waals surface area contributed by atoms with Crippen molar-refractivity contribution in [2.75, 3.05) is 13.1 Å². The highest BCUT2D eigenvalue weighted by Gasteiger charge is 2.19. The van der Waals surface area contributed by atoms with Gasteiger partial charge in [0.15, 0.2) is 0 Å². The van der Waals surface area contributed by atoms with Crippen LogP contribution in [-0.2, 0) is 6.54 Å². The Morgan fingerprint density at radius 2 is 1.71 bits per heavy atom. The molecule has 0 bridgehead atoms. The second kappa shape index (κ2) is 4.97. The Morgan fingerprint density at radius 3 is 2.14 bits per heavy atom. The molecule has 14 heavy (non-hydrogen) atoms. The molecule has 0 atom stereocenters. The van der Waals surface area contributed by atoms with Gasteiger partial charge >= 0.3 is 0 Å². The zero-order valence-corrected chi connectivity index (χ0v) is 9.24. The highest BCUT2D eigenvalue weighted by molar-refractivity contribution is 5.13. The molecule has 0 aliphatic carbocycles. The summed E-state index contributed by atoms with van der Waals surface area (Å²) < 4.78 is 0.962. The Morgan fingerprint density at radius 1 is 1.14 bits per heavy atom. The Hall–Kier alpha value is -1.08. The summed E-state index contributed by atoms with van der Waals surface area (Å²) in [5, 5.41) is 0. The van der Waals surface area contributed by atoms with Crippen LogP contribution in [0.25, 0.3) is 0 Å². The van der Waals surface area contributed by atoms with Crippen LogP contribution in [0.1, 0.15) is 19.4 Å². The third-order valence-electron chi connectivity index (χ3n) is 2.99. The average molecular weight is 190 g/mol. The summed E-state index contributed by atoms with van der Waals surface area (Å²) >= 11 is 0. The molecule has 0 unspecified atom stereocenters. The summed E-state index contributed by atoms with van der Waals surface area (Å²) in [6.45, 7) is 11.6. The van der Waals surface area contributed by atoms with Gasteiger partial charge < -0.3 is 0 Å². The minimum absolute atomic E-state index is 0.962. The van der Waals surface area contributed by atoms with E-state index in [0.29, 0.717) is 0 Å². The van der Waals surface area contributed by atoms with E-state index in [1.54, 1.807) is 0 Å². The molecule has 76 valence electrons. The first kappa shape index (κ1) is 11.0. The van der Waals surface area contributed by atoms with Gasteiger partial charge in [0.25, 0.3) is 0 Å². The molecule has 1 heteroatoms. The van der Waals surface area contributed by atoms with Crippen molar-refractivity contribution in [2.45, 2.75) is 20.4 Å². The summed E-state index contributed by atoms with van der Waals surface area (Å²) in [5.41, 5.74) is 1.39. The second-order valence-electron chi connectivity index (χ2n) is 3.68. The predicted octanol–water partition coefficient (Wildman–Crippen LogP) is 3.19. The van der Waals surface area contributed by atoms with E-state index in [9.17, 15) is 0 Å². The molecule has 1 nitrogen and oxygen atoms in total. The van der Waals surface area contributed by atoms with Crippen molar-refractivity contribution >= 4 is 0 Å². The zero-order valence-electron chi connectivity index (χ0n) is 9.24. The summed E-state index contributed by atoms with van der Waals surface area (Å²) in [6.07, 6.45) is 2.06. The molecule has 0 amide bonds. The van der Waals surface area contributed by atoms with Crippen LogP contribution in [0.2, 0.25) is 0 Å². The van der Waals surface area contributed by atoms with Gasteiger partial charge in [-0.2, -0.15) is 0 Å². The quantitative estimate of drug-likeness (QED) is 0.626. The fourth-order valence-electron chi connectivity index (χ4n) is 1.72. The fourth-order valence-corrected chi connectivity index (χ4v) is 1.72. The largest absolute Gasteiger partial charge is 0.294 e. The van der Waals surface area contributed by atoms with Crippen molar-refractivity contribution in [3.8, 4) is 0 Å². The average Bonchev–Trinajstić information content (AvgIpc) is 2.28. The molecule has 0 spiro atoms. The maximum absolute atomic E-state index is 3.94. The first-order valence-electron chi connectivity index (χ1n) is 5.29. The Kier molecular flexibility index (Phi) is 3.90. The maximum Gasteiger partial charge on any atom is 0.109 e. The highest BCUT2D eigenvalue weighted by Crippen LogP contribution is 2.14. The van der Waals surface area contributed by atoms with Gasteiger partial charge in [-0.3, -0.25) is 4.48 Å². The Labute approximate surface area is 87.3 Å². The number of benzene rings is 1. The number of nitrogens with zero attached hydrogens (tertiary/aromatic N) is 1. The van der Waals surface area contributed by atoms with E-state index in [-0.39, 0.29) is 0 Å². The third kappa shape index (κ3) is 2.46. The van der Waals surface area contributed by atoms with Gasteiger partial charge in [0.2, 0.25) is 0 Å². The molecule has 0 fully saturated rings. The van der Waals surface area contributed by atoms with Crippen LogP contribution in [0.5, 0.6) is 0 Å². The Bertz CT molecular complexity index is 273. The van der Waals surface area contributed by atoms with Gasteiger partial charge in [0.1, 0.15) is 6.54 Å². The molecule has 1 rings (SSSR count). The van der Waals surface area contributed by atoms with Gasteiger partial charge in [-0.25, -0.2) is 0 Å². The van der Waals surface area contributed by atoms with Gasteiger partial charge in [-0.1, -0.05) is 30.3 Å². The first-order chi connectivity index (χ1) is 6.76. The number of quaternary nitrogens is 1. The molecule has 0 aliphatic heterocycles. The summed E-state index contributed by atoms with van der Waals surface area (Å²) in [6, 6.07) is 10.6. The molecule has 0 saturated carbocycles. The van der Waals surface area contributed by atoms with Crippen LogP contribution >= 0.6 is 0 Å². The van der Waals surface area contributed by atoms with E-state index in [1.165, 1.54) is 5.56 Å². The van der Waals surface area contributed by atoms with Crippen LogP contribution in [0.15, 0.2) is 43.1 Å². The SMILES string of the molecule is C=C[N+](CC)(CC)Cc1ccccc1. The monoisotopic (exact) mass is 190 g/mol. The van der Waals surface area contributed by atoms with Crippen LogP contribution in [0.4, 0.5) is 0 Å².